The Bertz CT molecular complexity index is 988. The highest BCUT2D eigenvalue weighted by atomic mass is 16.3. The predicted molar refractivity (Wildman–Crippen MR) is 98.3 cm³/mol. The molecule has 5 N–H and O–H groups in total. The van der Waals surface area contributed by atoms with Crippen LogP contribution in [0.15, 0.2) is 66.9 Å². The second-order valence-electron chi connectivity index (χ2n) is 5.50. The van der Waals surface area contributed by atoms with Gasteiger partial charge in [0, 0.05) is 5.56 Å². The largest absolute Gasteiger partial charge is 0.504 e. The SMILES string of the molecule is O=C(NNC(=O)c1ccccc1)NNC(=O)c1nn(-c2ccccc2)cc1O. The van der Waals surface area contributed by atoms with Gasteiger partial charge in [0.05, 0.1) is 11.9 Å². The normalized spacial score (nSPS) is 10.0. The topological polar surface area (TPSA) is 137 Å². The number of urea groups is 1. The van der Waals surface area contributed by atoms with Crippen molar-refractivity contribution in [2.45, 2.75) is 0 Å². The molecule has 4 amide bonds. The minimum Gasteiger partial charge on any atom is -0.504 e. The van der Waals surface area contributed by atoms with Gasteiger partial charge in [-0.25, -0.2) is 20.3 Å². The van der Waals surface area contributed by atoms with E-state index in [2.05, 4.69) is 21.4 Å². The number of para-hydroxylation sites is 1. The van der Waals surface area contributed by atoms with E-state index in [1.54, 1.807) is 54.6 Å². The predicted octanol–water partition coefficient (Wildman–Crippen LogP) is 0.867. The van der Waals surface area contributed by atoms with Crippen molar-refractivity contribution in [2.75, 3.05) is 0 Å². The summed E-state index contributed by atoms with van der Waals surface area (Å²) in [4.78, 5) is 35.6. The molecule has 0 bridgehead atoms. The molecule has 0 aliphatic heterocycles. The van der Waals surface area contributed by atoms with Crippen LogP contribution in [0.3, 0.4) is 0 Å². The van der Waals surface area contributed by atoms with E-state index in [1.807, 2.05) is 11.5 Å². The number of aromatic nitrogens is 2. The summed E-state index contributed by atoms with van der Waals surface area (Å²) in [5.41, 5.74) is 9.09. The fourth-order valence-electron chi connectivity index (χ4n) is 2.22. The first-order chi connectivity index (χ1) is 13.5. The molecule has 0 fully saturated rings. The lowest BCUT2D eigenvalue weighted by molar-refractivity contribution is 0.0924. The molecule has 142 valence electrons. The quantitative estimate of drug-likeness (QED) is 0.429. The Morgan fingerprint density at radius 3 is 2.00 bits per heavy atom. The highest BCUT2D eigenvalue weighted by Crippen LogP contribution is 2.17. The molecule has 0 atom stereocenters. The Morgan fingerprint density at radius 1 is 0.786 bits per heavy atom. The molecule has 0 saturated carbocycles. The van der Waals surface area contributed by atoms with Crippen molar-refractivity contribution in [3.63, 3.8) is 0 Å². The van der Waals surface area contributed by atoms with Crippen LogP contribution in [0.5, 0.6) is 5.75 Å². The molecule has 0 radical (unpaired) electrons. The Hall–Kier alpha value is -4.34. The highest BCUT2D eigenvalue weighted by molar-refractivity contribution is 5.97. The Kier molecular flexibility index (Phi) is 5.51. The summed E-state index contributed by atoms with van der Waals surface area (Å²) in [5, 5.41) is 13.9. The van der Waals surface area contributed by atoms with Crippen LogP contribution in [0, 0.1) is 0 Å². The fourth-order valence-corrected chi connectivity index (χ4v) is 2.22. The molecule has 28 heavy (non-hydrogen) atoms. The van der Waals surface area contributed by atoms with Gasteiger partial charge in [0.2, 0.25) is 0 Å². The van der Waals surface area contributed by atoms with Crippen molar-refractivity contribution >= 4 is 17.8 Å². The van der Waals surface area contributed by atoms with Gasteiger partial charge in [-0.15, -0.1) is 0 Å². The molecule has 1 aromatic heterocycles. The zero-order valence-corrected chi connectivity index (χ0v) is 14.4. The van der Waals surface area contributed by atoms with E-state index >= 15 is 0 Å². The number of carbonyl (C=O) groups excluding carboxylic acids is 3. The van der Waals surface area contributed by atoms with Gasteiger partial charge in [0.25, 0.3) is 11.8 Å². The first-order valence-electron chi connectivity index (χ1n) is 8.10. The molecule has 10 nitrogen and oxygen atoms in total. The number of nitrogens with one attached hydrogen (secondary N) is 4. The molecule has 1 heterocycles. The van der Waals surface area contributed by atoms with Gasteiger partial charge in [0.15, 0.2) is 11.4 Å². The van der Waals surface area contributed by atoms with Crippen LogP contribution in [-0.4, -0.2) is 32.7 Å². The number of aromatic hydroxyl groups is 1. The summed E-state index contributed by atoms with van der Waals surface area (Å²) in [6.07, 6.45) is 1.27. The van der Waals surface area contributed by atoms with E-state index in [1.165, 1.54) is 10.9 Å². The van der Waals surface area contributed by atoms with Gasteiger partial charge < -0.3 is 5.11 Å². The second-order valence-corrected chi connectivity index (χ2v) is 5.50. The third kappa shape index (κ3) is 4.43. The number of amides is 4. The summed E-state index contributed by atoms with van der Waals surface area (Å²) in [5.74, 6) is -1.72. The average Bonchev–Trinajstić information content (AvgIpc) is 3.13. The second kappa shape index (κ2) is 8.36. The van der Waals surface area contributed by atoms with Crippen molar-refractivity contribution in [1.29, 1.82) is 0 Å². The molecular formula is C18H16N6O4. The Morgan fingerprint density at radius 2 is 1.36 bits per heavy atom. The van der Waals surface area contributed by atoms with E-state index < -0.39 is 17.8 Å². The number of nitrogens with zero attached hydrogens (tertiary/aromatic N) is 2. The van der Waals surface area contributed by atoms with Gasteiger partial charge in [-0.3, -0.25) is 20.4 Å². The highest BCUT2D eigenvalue weighted by Gasteiger charge is 2.17. The number of carbonyl (C=O) groups is 3. The van der Waals surface area contributed by atoms with E-state index in [0.29, 0.717) is 11.3 Å². The molecule has 0 unspecified atom stereocenters. The van der Waals surface area contributed by atoms with Crippen LogP contribution in [0.1, 0.15) is 20.8 Å². The molecule has 10 heteroatoms. The lowest BCUT2D eigenvalue weighted by Crippen LogP contribution is -2.52. The van der Waals surface area contributed by atoms with Gasteiger partial charge in [-0.2, -0.15) is 5.10 Å². The van der Waals surface area contributed by atoms with Gasteiger partial charge >= 0.3 is 6.03 Å². The Labute approximate surface area is 159 Å². The van der Waals surface area contributed by atoms with Gasteiger partial charge in [-0.1, -0.05) is 36.4 Å². The third-order valence-corrected chi connectivity index (χ3v) is 3.55. The Balaban J connectivity index is 1.52. The minimum absolute atomic E-state index is 0.280. The zero-order valence-electron chi connectivity index (χ0n) is 14.4. The summed E-state index contributed by atoms with van der Waals surface area (Å²) in [7, 11) is 0. The van der Waals surface area contributed by atoms with E-state index in [0.717, 1.165) is 0 Å². The van der Waals surface area contributed by atoms with Crippen LogP contribution in [0.25, 0.3) is 5.69 Å². The smallest absolute Gasteiger partial charge is 0.352 e. The van der Waals surface area contributed by atoms with Crippen LogP contribution in [-0.2, 0) is 0 Å². The standard InChI is InChI=1S/C18H16N6O4/c25-14-11-24(13-9-5-2-6-10-13)23-15(14)17(27)20-22-18(28)21-19-16(26)12-7-3-1-4-8-12/h1-11,25H,(H,19,26)(H,20,27)(H2,21,22,28). The molecule has 2 aromatic carbocycles. The molecular weight excluding hydrogens is 364 g/mol. The van der Waals surface area contributed by atoms with Crippen molar-refractivity contribution in [1.82, 2.24) is 31.5 Å². The van der Waals surface area contributed by atoms with Crippen LogP contribution >= 0.6 is 0 Å². The lowest BCUT2D eigenvalue weighted by atomic mass is 10.2. The zero-order chi connectivity index (χ0) is 19.9. The molecule has 0 aliphatic rings. The maximum absolute atomic E-state index is 12.1. The lowest BCUT2D eigenvalue weighted by Gasteiger charge is -2.09. The van der Waals surface area contributed by atoms with Crippen LogP contribution < -0.4 is 21.7 Å². The summed E-state index contributed by atoms with van der Waals surface area (Å²) in [6, 6.07) is 16.2. The molecule has 0 aliphatic carbocycles. The maximum Gasteiger partial charge on any atom is 0.352 e. The van der Waals surface area contributed by atoms with E-state index in [4.69, 9.17) is 0 Å². The minimum atomic E-state index is -0.889. The molecule has 0 spiro atoms. The number of hydrogen-bond acceptors (Lipinski definition) is 5. The average molecular weight is 380 g/mol. The number of benzene rings is 2. The summed E-state index contributed by atoms with van der Waals surface area (Å²) < 4.78 is 1.32. The third-order valence-electron chi connectivity index (χ3n) is 3.55. The van der Waals surface area contributed by atoms with Crippen LogP contribution in [0.4, 0.5) is 4.79 Å². The maximum atomic E-state index is 12.1. The van der Waals surface area contributed by atoms with E-state index in [-0.39, 0.29) is 11.4 Å². The summed E-state index contributed by atoms with van der Waals surface area (Å²) >= 11 is 0. The molecule has 3 rings (SSSR count). The number of hydrazine groups is 2. The molecule has 0 saturated heterocycles. The van der Waals surface area contributed by atoms with E-state index in [9.17, 15) is 19.5 Å². The summed E-state index contributed by atoms with van der Waals surface area (Å²) in [6.45, 7) is 0. The number of rotatable bonds is 3. The van der Waals surface area contributed by atoms with Gasteiger partial charge in [-0.05, 0) is 24.3 Å². The van der Waals surface area contributed by atoms with Crippen molar-refractivity contribution in [3.05, 3.63) is 78.1 Å². The fraction of sp³-hybridized carbons (Fsp3) is 0. The first kappa shape index (κ1) is 18.5. The van der Waals surface area contributed by atoms with Crippen LogP contribution in [0.2, 0.25) is 0 Å². The van der Waals surface area contributed by atoms with Crippen molar-refractivity contribution in [2.24, 2.45) is 0 Å². The van der Waals surface area contributed by atoms with Crippen molar-refractivity contribution in [3.8, 4) is 11.4 Å². The monoisotopic (exact) mass is 380 g/mol. The first-order valence-corrected chi connectivity index (χ1v) is 8.10. The number of hydrogen-bond donors (Lipinski definition) is 5. The molecule has 3 aromatic rings. The van der Waals surface area contributed by atoms with Crippen molar-refractivity contribution < 1.29 is 19.5 Å². The van der Waals surface area contributed by atoms with Gasteiger partial charge in [0.1, 0.15) is 0 Å².